The largest absolute Gasteiger partial charge is 0.399 e. The van der Waals surface area contributed by atoms with Crippen molar-refractivity contribution in [1.82, 2.24) is 0 Å². The maximum atomic E-state index is 9.48. The zero-order valence-electron chi connectivity index (χ0n) is 8.43. The van der Waals surface area contributed by atoms with E-state index in [0.29, 0.717) is 0 Å². The summed E-state index contributed by atoms with van der Waals surface area (Å²) in [6.07, 6.45) is 0.249. The lowest BCUT2D eigenvalue weighted by Gasteiger charge is -2.12. The molecule has 2 heteroatoms. The monoisotopic (exact) mass is 213 g/mol. The molecule has 0 unspecified atom stereocenters. The number of hydrogen-bond acceptors (Lipinski definition) is 1. The highest BCUT2D eigenvalue weighted by Crippen LogP contribution is 1.91. The zero-order chi connectivity index (χ0) is 10.5. The summed E-state index contributed by atoms with van der Waals surface area (Å²) in [5, 5.41) is 12.0. The molecule has 15 heavy (non-hydrogen) atoms. The van der Waals surface area contributed by atoms with E-state index >= 15 is 0 Å². The molecule has 0 spiro atoms. The second-order valence-corrected chi connectivity index (χ2v) is 5.80. The highest BCUT2D eigenvalue weighted by molar-refractivity contribution is 6.85. The first-order chi connectivity index (χ1) is 7.42. The molecule has 0 atom stereocenters. The number of rotatable bonds is 3. The topological polar surface area (TPSA) is 20.2 Å². The average Bonchev–Trinajstić information content (AvgIpc) is 2.33. The first-order valence-corrected chi connectivity index (χ1v) is 6.70. The van der Waals surface area contributed by atoms with Crippen LogP contribution in [0.25, 0.3) is 0 Å². The Kier molecular flexibility index (Phi) is 3.32. The van der Waals surface area contributed by atoms with E-state index in [1.807, 2.05) is 36.4 Å². The van der Waals surface area contributed by atoms with Crippen LogP contribution in [0.5, 0.6) is 0 Å². The van der Waals surface area contributed by atoms with Crippen molar-refractivity contribution < 1.29 is 5.11 Å². The molecule has 75 valence electrons. The van der Waals surface area contributed by atoms with Crippen LogP contribution in [0.4, 0.5) is 0 Å². The molecule has 2 aromatic rings. The van der Waals surface area contributed by atoms with Crippen molar-refractivity contribution in [2.24, 2.45) is 0 Å². The van der Waals surface area contributed by atoms with Crippen LogP contribution in [0.15, 0.2) is 60.7 Å². The van der Waals surface area contributed by atoms with E-state index in [4.69, 9.17) is 0 Å². The summed E-state index contributed by atoms with van der Waals surface area (Å²) in [7, 11) is -0.984. The van der Waals surface area contributed by atoms with Gasteiger partial charge in [0.1, 0.15) is 8.80 Å². The molecule has 0 aromatic heterocycles. The Bertz CT molecular complexity index is 360. The van der Waals surface area contributed by atoms with Gasteiger partial charge in [-0.25, -0.2) is 0 Å². The summed E-state index contributed by atoms with van der Waals surface area (Å²) in [4.78, 5) is 0. The van der Waals surface area contributed by atoms with Crippen LogP contribution in [0.1, 0.15) is 0 Å². The highest BCUT2D eigenvalue weighted by atomic mass is 28.3. The molecule has 0 aliphatic rings. The van der Waals surface area contributed by atoms with Crippen LogP contribution in [0, 0.1) is 0 Å². The Hall–Kier alpha value is -1.38. The standard InChI is InChI=1S/C13H13OSi/c14-11-15(12-7-3-1-4-8-12)13-9-5-2-6-10-13/h1-10,14H,11H2. The minimum atomic E-state index is -0.984. The molecule has 0 aliphatic carbocycles. The van der Waals surface area contributed by atoms with Crippen molar-refractivity contribution >= 4 is 19.2 Å². The quantitative estimate of drug-likeness (QED) is 0.749. The van der Waals surface area contributed by atoms with Gasteiger partial charge in [-0.3, -0.25) is 0 Å². The van der Waals surface area contributed by atoms with E-state index in [1.54, 1.807) is 0 Å². The van der Waals surface area contributed by atoms with E-state index in [-0.39, 0.29) is 6.23 Å². The van der Waals surface area contributed by atoms with E-state index in [1.165, 1.54) is 10.4 Å². The van der Waals surface area contributed by atoms with Crippen molar-refractivity contribution in [3.05, 3.63) is 60.7 Å². The van der Waals surface area contributed by atoms with E-state index in [0.717, 1.165) is 0 Å². The number of benzene rings is 2. The Balaban J connectivity index is 2.34. The predicted molar refractivity (Wildman–Crippen MR) is 65.0 cm³/mol. The van der Waals surface area contributed by atoms with Crippen LogP contribution in [0.3, 0.4) is 0 Å². The average molecular weight is 213 g/mol. The van der Waals surface area contributed by atoms with Crippen LogP contribution in [-0.4, -0.2) is 20.1 Å². The van der Waals surface area contributed by atoms with Crippen molar-refractivity contribution in [3.8, 4) is 0 Å². The van der Waals surface area contributed by atoms with Gasteiger partial charge in [-0.1, -0.05) is 71.0 Å². The predicted octanol–water partition coefficient (Wildman–Crippen LogP) is 0.827. The maximum Gasteiger partial charge on any atom is 0.150 e. The van der Waals surface area contributed by atoms with Gasteiger partial charge in [-0.05, 0) is 0 Å². The smallest absolute Gasteiger partial charge is 0.150 e. The van der Waals surface area contributed by atoms with Gasteiger partial charge in [0.15, 0.2) is 0 Å². The maximum absolute atomic E-state index is 9.48. The normalized spacial score (nSPS) is 10.5. The third-order valence-electron chi connectivity index (χ3n) is 2.40. The fourth-order valence-electron chi connectivity index (χ4n) is 1.63. The lowest BCUT2D eigenvalue weighted by Crippen LogP contribution is -2.45. The van der Waals surface area contributed by atoms with Gasteiger partial charge in [-0.15, -0.1) is 0 Å². The van der Waals surface area contributed by atoms with Crippen LogP contribution >= 0.6 is 0 Å². The highest BCUT2D eigenvalue weighted by Gasteiger charge is 2.14. The van der Waals surface area contributed by atoms with Gasteiger partial charge in [-0.2, -0.15) is 0 Å². The first kappa shape index (κ1) is 10.1. The summed E-state index contributed by atoms with van der Waals surface area (Å²) >= 11 is 0. The SMILES string of the molecule is OC[Si](c1ccccc1)c1ccccc1. The Morgan fingerprint density at radius 1 is 0.733 bits per heavy atom. The van der Waals surface area contributed by atoms with Gasteiger partial charge in [0.25, 0.3) is 0 Å². The van der Waals surface area contributed by atoms with Crippen molar-refractivity contribution in [1.29, 1.82) is 0 Å². The number of hydrogen-bond donors (Lipinski definition) is 1. The molecule has 0 saturated carbocycles. The third-order valence-corrected chi connectivity index (χ3v) is 4.78. The van der Waals surface area contributed by atoms with Crippen LogP contribution < -0.4 is 10.4 Å². The Morgan fingerprint density at radius 2 is 1.13 bits per heavy atom. The summed E-state index contributed by atoms with van der Waals surface area (Å²) in [5.41, 5.74) is 0. The second-order valence-electron chi connectivity index (χ2n) is 3.37. The van der Waals surface area contributed by atoms with E-state index in [2.05, 4.69) is 24.3 Å². The fourth-order valence-corrected chi connectivity index (χ4v) is 3.52. The van der Waals surface area contributed by atoms with Gasteiger partial charge in [0, 0.05) is 6.23 Å². The summed E-state index contributed by atoms with van der Waals surface area (Å²) < 4.78 is 0. The molecule has 1 N–H and O–H groups in total. The van der Waals surface area contributed by atoms with E-state index in [9.17, 15) is 5.11 Å². The van der Waals surface area contributed by atoms with Crippen molar-refractivity contribution in [3.63, 3.8) is 0 Å². The van der Waals surface area contributed by atoms with E-state index < -0.39 is 8.80 Å². The van der Waals surface area contributed by atoms with Crippen LogP contribution in [-0.2, 0) is 0 Å². The Morgan fingerprint density at radius 3 is 1.47 bits per heavy atom. The lowest BCUT2D eigenvalue weighted by molar-refractivity contribution is 0.365. The van der Waals surface area contributed by atoms with Gasteiger partial charge >= 0.3 is 0 Å². The molecule has 0 amide bonds. The Labute approximate surface area is 91.6 Å². The fraction of sp³-hybridized carbons (Fsp3) is 0.0769. The van der Waals surface area contributed by atoms with Gasteiger partial charge in [0.05, 0.1) is 0 Å². The summed E-state index contributed by atoms with van der Waals surface area (Å²) in [6.45, 7) is 0. The van der Waals surface area contributed by atoms with Crippen LogP contribution in [0.2, 0.25) is 0 Å². The first-order valence-electron chi connectivity index (χ1n) is 4.99. The van der Waals surface area contributed by atoms with Crippen molar-refractivity contribution in [2.45, 2.75) is 0 Å². The molecule has 0 heterocycles. The van der Waals surface area contributed by atoms with Gasteiger partial charge in [0.2, 0.25) is 0 Å². The molecular formula is C13H13OSi. The molecule has 0 bridgehead atoms. The minimum Gasteiger partial charge on any atom is -0.399 e. The lowest BCUT2D eigenvalue weighted by atomic mass is 10.4. The number of aliphatic hydroxyl groups is 1. The molecule has 0 fully saturated rings. The molecule has 0 saturated heterocycles. The molecule has 0 aliphatic heterocycles. The zero-order valence-corrected chi connectivity index (χ0v) is 9.43. The second kappa shape index (κ2) is 4.91. The molecule has 1 radical (unpaired) electrons. The summed E-state index contributed by atoms with van der Waals surface area (Å²) in [5.74, 6) is 0. The molecule has 2 aromatic carbocycles. The molecular weight excluding hydrogens is 200 g/mol. The number of aliphatic hydroxyl groups excluding tert-OH is 1. The summed E-state index contributed by atoms with van der Waals surface area (Å²) in [6, 6.07) is 20.5. The minimum absolute atomic E-state index is 0.249. The third kappa shape index (κ3) is 2.35. The molecule has 2 rings (SSSR count). The molecule has 1 nitrogen and oxygen atoms in total. The van der Waals surface area contributed by atoms with Crippen molar-refractivity contribution in [2.75, 3.05) is 6.23 Å². The van der Waals surface area contributed by atoms with Gasteiger partial charge < -0.3 is 5.11 Å².